The molecule has 1 nitrogen and oxygen atoms in total. The number of hydrogen-bond acceptors (Lipinski definition) is 1. The van der Waals surface area contributed by atoms with Crippen molar-refractivity contribution in [3.63, 3.8) is 0 Å². The molecule has 0 saturated heterocycles. The molecule has 0 heterocycles. The van der Waals surface area contributed by atoms with E-state index in [2.05, 4.69) is 43.4 Å². The van der Waals surface area contributed by atoms with Crippen LogP contribution < -0.4 is 0 Å². The highest BCUT2D eigenvalue weighted by molar-refractivity contribution is 4.96. The fraction of sp³-hybridized carbons (Fsp3) is 0.667. The van der Waals surface area contributed by atoms with Crippen LogP contribution in [0.2, 0.25) is 0 Å². The average Bonchev–Trinajstić information content (AvgIpc) is 2.43. The predicted molar refractivity (Wildman–Crippen MR) is 86.3 cm³/mol. The SMILES string of the molecule is CC/C=C\C/C=C\C/C=C\CCCCCCCCO. The molecule has 0 fully saturated rings. The summed E-state index contributed by atoms with van der Waals surface area (Å²) in [5, 5.41) is 8.65. The van der Waals surface area contributed by atoms with E-state index < -0.39 is 0 Å². The van der Waals surface area contributed by atoms with Gasteiger partial charge in [-0.25, -0.2) is 0 Å². The third-order valence-corrected chi connectivity index (χ3v) is 3.06. The van der Waals surface area contributed by atoms with E-state index >= 15 is 0 Å². The van der Waals surface area contributed by atoms with E-state index in [0.717, 1.165) is 25.7 Å². The Morgan fingerprint density at radius 3 is 1.79 bits per heavy atom. The number of rotatable bonds is 13. The lowest BCUT2D eigenvalue weighted by atomic mass is 10.1. The maximum atomic E-state index is 8.65. The third-order valence-electron chi connectivity index (χ3n) is 3.06. The molecule has 0 radical (unpaired) electrons. The Kier molecular flexibility index (Phi) is 16.4. The van der Waals surface area contributed by atoms with Crippen molar-refractivity contribution in [1.29, 1.82) is 0 Å². The van der Waals surface area contributed by atoms with Gasteiger partial charge in [0.25, 0.3) is 0 Å². The van der Waals surface area contributed by atoms with Gasteiger partial charge in [0.1, 0.15) is 0 Å². The van der Waals surface area contributed by atoms with Crippen molar-refractivity contribution >= 4 is 0 Å². The second-order valence-corrected chi connectivity index (χ2v) is 4.93. The van der Waals surface area contributed by atoms with Gasteiger partial charge >= 0.3 is 0 Å². The van der Waals surface area contributed by atoms with E-state index in [-0.39, 0.29) is 0 Å². The number of unbranched alkanes of at least 4 members (excludes halogenated alkanes) is 6. The predicted octanol–water partition coefficient (Wildman–Crippen LogP) is 5.57. The Hall–Kier alpha value is -0.820. The summed E-state index contributed by atoms with van der Waals surface area (Å²) >= 11 is 0. The number of aliphatic hydroxyl groups excluding tert-OH is 1. The normalized spacial score (nSPS) is 12.3. The van der Waals surface area contributed by atoms with E-state index in [4.69, 9.17) is 5.11 Å². The van der Waals surface area contributed by atoms with E-state index in [1.54, 1.807) is 0 Å². The molecule has 0 rings (SSSR count). The van der Waals surface area contributed by atoms with E-state index in [1.807, 2.05) is 0 Å². The van der Waals surface area contributed by atoms with Crippen molar-refractivity contribution < 1.29 is 5.11 Å². The summed E-state index contributed by atoms with van der Waals surface area (Å²) in [7, 11) is 0. The zero-order chi connectivity index (χ0) is 14.0. The lowest BCUT2D eigenvalue weighted by Crippen LogP contribution is -1.83. The molecule has 0 aromatic rings. The maximum absolute atomic E-state index is 8.65. The maximum Gasteiger partial charge on any atom is 0.0431 e. The summed E-state index contributed by atoms with van der Waals surface area (Å²) in [6, 6.07) is 0. The van der Waals surface area contributed by atoms with Crippen LogP contribution in [0.25, 0.3) is 0 Å². The summed E-state index contributed by atoms with van der Waals surface area (Å²) in [4.78, 5) is 0. The van der Waals surface area contributed by atoms with Crippen LogP contribution >= 0.6 is 0 Å². The molecule has 0 aliphatic carbocycles. The Balaban J connectivity index is 3.19. The molecule has 110 valence electrons. The fourth-order valence-electron chi connectivity index (χ4n) is 1.91. The lowest BCUT2D eigenvalue weighted by molar-refractivity contribution is 0.282. The van der Waals surface area contributed by atoms with Crippen LogP contribution in [0.15, 0.2) is 36.5 Å². The van der Waals surface area contributed by atoms with Gasteiger partial charge in [-0.15, -0.1) is 0 Å². The average molecular weight is 264 g/mol. The second kappa shape index (κ2) is 17.2. The first-order chi connectivity index (χ1) is 9.41. The number of hydrogen-bond donors (Lipinski definition) is 1. The van der Waals surface area contributed by atoms with Crippen LogP contribution in [0, 0.1) is 0 Å². The minimum Gasteiger partial charge on any atom is -0.396 e. The molecule has 0 aliphatic rings. The molecular weight excluding hydrogens is 232 g/mol. The van der Waals surface area contributed by atoms with Crippen molar-refractivity contribution in [2.75, 3.05) is 6.61 Å². The summed E-state index contributed by atoms with van der Waals surface area (Å²) in [6.07, 6.45) is 25.3. The van der Waals surface area contributed by atoms with Crippen LogP contribution in [0.4, 0.5) is 0 Å². The summed E-state index contributed by atoms with van der Waals surface area (Å²) in [5.74, 6) is 0. The molecular formula is C18H32O. The van der Waals surface area contributed by atoms with Crippen molar-refractivity contribution in [2.45, 2.75) is 71.1 Å². The molecule has 19 heavy (non-hydrogen) atoms. The van der Waals surface area contributed by atoms with Crippen LogP contribution in [0.3, 0.4) is 0 Å². The Bertz CT molecular complexity index is 238. The van der Waals surface area contributed by atoms with Gasteiger partial charge in [0.2, 0.25) is 0 Å². The monoisotopic (exact) mass is 264 g/mol. The lowest BCUT2D eigenvalue weighted by Gasteiger charge is -1.98. The molecule has 0 aromatic carbocycles. The molecule has 1 heteroatoms. The highest BCUT2D eigenvalue weighted by Gasteiger charge is 1.89. The number of aliphatic hydroxyl groups is 1. The van der Waals surface area contributed by atoms with Gasteiger partial charge in [-0.2, -0.15) is 0 Å². The molecule has 0 unspecified atom stereocenters. The smallest absolute Gasteiger partial charge is 0.0431 e. The second-order valence-electron chi connectivity index (χ2n) is 4.93. The zero-order valence-electron chi connectivity index (χ0n) is 12.7. The van der Waals surface area contributed by atoms with Crippen LogP contribution in [0.1, 0.15) is 71.1 Å². The minimum absolute atomic E-state index is 0.352. The molecule has 0 bridgehead atoms. The fourth-order valence-corrected chi connectivity index (χ4v) is 1.91. The van der Waals surface area contributed by atoms with Gasteiger partial charge in [-0.1, -0.05) is 69.1 Å². The minimum atomic E-state index is 0.352. The van der Waals surface area contributed by atoms with Crippen LogP contribution in [-0.4, -0.2) is 11.7 Å². The van der Waals surface area contributed by atoms with Gasteiger partial charge in [0.05, 0.1) is 0 Å². The van der Waals surface area contributed by atoms with Crippen molar-refractivity contribution in [1.82, 2.24) is 0 Å². The van der Waals surface area contributed by atoms with Crippen molar-refractivity contribution in [3.05, 3.63) is 36.5 Å². The zero-order valence-corrected chi connectivity index (χ0v) is 12.7. The van der Waals surface area contributed by atoms with E-state index in [1.165, 1.54) is 38.5 Å². The Labute approximate surface area is 120 Å². The molecule has 0 atom stereocenters. The third kappa shape index (κ3) is 17.2. The molecule has 0 spiro atoms. The topological polar surface area (TPSA) is 20.2 Å². The van der Waals surface area contributed by atoms with Gasteiger partial charge in [-0.3, -0.25) is 0 Å². The first kappa shape index (κ1) is 18.2. The summed E-state index contributed by atoms with van der Waals surface area (Å²) in [6.45, 7) is 2.51. The van der Waals surface area contributed by atoms with Crippen molar-refractivity contribution in [3.8, 4) is 0 Å². The molecule has 0 amide bonds. The van der Waals surface area contributed by atoms with Crippen LogP contribution in [0.5, 0.6) is 0 Å². The molecule has 0 aliphatic heterocycles. The highest BCUT2D eigenvalue weighted by atomic mass is 16.2. The Morgan fingerprint density at radius 2 is 1.16 bits per heavy atom. The van der Waals surface area contributed by atoms with Gasteiger partial charge in [-0.05, 0) is 38.5 Å². The van der Waals surface area contributed by atoms with Crippen molar-refractivity contribution in [2.24, 2.45) is 0 Å². The quantitative estimate of drug-likeness (QED) is 0.340. The first-order valence-corrected chi connectivity index (χ1v) is 7.97. The van der Waals surface area contributed by atoms with Gasteiger partial charge in [0, 0.05) is 6.61 Å². The van der Waals surface area contributed by atoms with Gasteiger partial charge < -0.3 is 5.11 Å². The molecule has 0 aromatic heterocycles. The molecule has 1 N–H and O–H groups in total. The number of allylic oxidation sites excluding steroid dienone is 6. The van der Waals surface area contributed by atoms with E-state index in [9.17, 15) is 0 Å². The van der Waals surface area contributed by atoms with Gasteiger partial charge in [0.15, 0.2) is 0 Å². The summed E-state index contributed by atoms with van der Waals surface area (Å²) in [5.41, 5.74) is 0. The largest absolute Gasteiger partial charge is 0.396 e. The Morgan fingerprint density at radius 1 is 0.632 bits per heavy atom. The van der Waals surface area contributed by atoms with E-state index in [0.29, 0.717) is 6.61 Å². The molecule has 0 saturated carbocycles. The summed E-state index contributed by atoms with van der Waals surface area (Å²) < 4.78 is 0. The standard InChI is InChI=1S/C18H32O/c1-2-3-4-5-6-7-8-9-10-11-12-13-14-15-16-17-18-19/h3-4,6-7,9-10,19H,2,5,8,11-18H2,1H3/b4-3-,7-6-,10-9-. The first-order valence-electron chi connectivity index (χ1n) is 7.97. The van der Waals surface area contributed by atoms with Crippen LogP contribution in [-0.2, 0) is 0 Å². The highest BCUT2D eigenvalue weighted by Crippen LogP contribution is 2.07.